The summed E-state index contributed by atoms with van der Waals surface area (Å²) in [5, 5.41) is 11.8. The van der Waals surface area contributed by atoms with Crippen LogP contribution in [0.1, 0.15) is 33.1 Å². The number of likely N-dealkylation sites (N-methyl/N-ethyl adjacent to an activating group) is 1. The maximum absolute atomic E-state index is 10.9. The molecule has 0 amide bonds. The Morgan fingerprint density at radius 1 is 1.56 bits per heavy atom. The minimum atomic E-state index is -0.750. The van der Waals surface area contributed by atoms with Gasteiger partial charge in [-0.15, -0.1) is 0 Å². The van der Waals surface area contributed by atoms with Crippen LogP contribution in [0, 0.1) is 5.92 Å². The first kappa shape index (κ1) is 13.5. The van der Waals surface area contributed by atoms with Gasteiger partial charge in [-0.05, 0) is 45.7 Å². The van der Waals surface area contributed by atoms with Crippen LogP contribution in [0.15, 0.2) is 0 Å². The standard InChI is InChI=1S/C12H24N2O2/c1-9-4-6-14(10(2)8-9)7-5-11(13-3)12(15)16/h9-11,13H,4-8H2,1-3H3,(H,15,16). The van der Waals surface area contributed by atoms with Crippen LogP contribution in [0.3, 0.4) is 0 Å². The first-order valence-electron chi connectivity index (χ1n) is 6.18. The lowest BCUT2D eigenvalue weighted by Gasteiger charge is -2.36. The van der Waals surface area contributed by atoms with Gasteiger partial charge in [0.05, 0.1) is 0 Å². The van der Waals surface area contributed by atoms with E-state index in [0.717, 1.165) is 19.0 Å². The lowest BCUT2D eigenvalue weighted by molar-refractivity contribution is -0.139. The van der Waals surface area contributed by atoms with Crippen molar-refractivity contribution in [2.45, 2.75) is 45.2 Å². The average molecular weight is 228 g/mol. The second-order valence-corrected chi connectivity index (χ2v) is 4.98. The molecule has 1 rings (SSSR count). The van der Waals surface area contributed by atoms with Gasteiger partial charge in [-0.2, -0.15) is 0 Å². The maximum Gasteiger partial charge on any atom is 0.320 e. The van der Waals surface area contributed by atoms with Crippen molar-refractivity contribution in [2.75, 3.05) is 20.1 Å². The van der Waals surface area contributed by atoms with E-state index < -0.39 is 12.0 Å². The second kappa shape index (κ2) is 6.21. The molecule has 0 saturated carbocycles. The largest absolute Gasteiger partial charge is 0.480 e. The molecule has 0 aliphatic carbocycles. The van der Waals surface area contributed by atoms with Crippen LogP contribution in [0.2, 0.25) is 0 Å². The number of hydrogen-bond acceptors (Lipinski definition) is 3. The topological polar surface area (TPSA) is 52.6 Å². The normalized spacial score (nSPS) is 28.9. The van der Waals surface area contributed by atoms with Gasteiger partial charge in [0.1, 0.15) is 6.04 Å². The van der Waals surface area contributed by atoms with E-state index >= 15 is 0 Å². The van der Waals surface area contributed by atoms with Crippen LogP contribution in [-0.2, 0) is 4.79 Å². The summed E-state index contributed by atoms with van der Waals surface area (Å²) in [4.78, 5) is 13.3. The van der Waals surface area contributed by atoms with Gasteiger partial charge in [0.25, 0.3) is 0 Å². The zero-order valence-corrected chi connectivity index (χ0v) is 10.6. The van der Waals surface area contributed by atoms with Crippen molar-refractivity contribution < 1.29 is 9.90 Å². The van der Waals surface area contributed by atoms with E-state index in [4.69, 9.17) is 5.11 Å². The van der Waals surface area contributed by atoms with Gasteiger partial charge in [-0.1, -0.05) is 6.92 Å². The molecule has 1 aliphatic rings. The van der Waals surface area contributed by atoms with Crippen LogP contribution >= 0.6 is 0 Å². The lowest BCUT2D eigenvalue weighted by atomic mass is 9.93. The van der Waals surface area contributed by atoms with Crippen LogP contribution in [0.5, 0.6) is 0 Å². The summed E-state index contributed by atoms with van der Waals surface area (Å²) in [6.07, 6.45) is 3.16. The van der Waals surface area contributed by atoms with Crippen molar-refractivity contribution in [1.82, 2.24) is 10.2 Å². The number of hydrogen-bond donors (Lipinski definition) is 2. The molecule has 4 heteroatoms. The number of likely N-dealkylation sites (tertiary alicyclic amines) is 1. The molecule has 94 valence electrons. The van der Waals surface area contributed by atoms with Gasteiger partial charge >= 0.3 is 5.97 Å². The van der Waals surface area contributed by atoms with E-state index in [2.05, 4.69) is 24.1 Å². The molecule has 16 heavy (non-hydrogen) atoms. The highest BCUT2D eigenvalue weighted by atomic mass is 16.4. The van der Waals surface area contributed by atoms with Crippen molar-refractivity contribution in [1.29, 1.82) is 0 Å². The third-order valence-electron chi connectivity index (χ3n) is 3.63. The van der Waals surface area contributed by atoms with Gasteiger partial charge < -0.3 is 15.3 Å². The molecule has 0 radical (unpaired) electrons. The SMILES string of the molecule is CNC(CCN1CCC(C)CC1C)C(=O)O. The van der Waals surface area contributed by atoms with Crippen LogP contribution in [-0.4, -0.2) is 48.2 Å². The fraction of sp³-hybridized carbons (Fsp3) is 0.917. The van der Waals surface area contributed by atoms with E-state index in [-0.39, 0.29) is 0 Å². The maximum atomic E-state index is 10.9. The summed E-state index contributed by atoms with van der Waals surface area (Å²) in [6, 6.07) is 0.182. The van der Waals surface area contributed by atoms with Gasteiger partial charge in [0.2, 0.25) is 0 Å². The highest BCUT2D eigenvalue weighted by molar-refractivity contribution is 5.73. The quantitative estimate of drug-likeness (QED) is 0.741. The van der Waals surface area contributed by atoms with E-state index in [1.54, 1.807) is 7.05 Å². The Morgan fingerprint density at radius 3 is 2.75 bits per heavy atom. The zero-order chi connectivity index (χ0) is 12.1. The van der Waals surface area contributed by atoms with Crippen LogP contribution < -0.4 is 5.32 Å². The van der Waals surface area contributed by atoms with Crippen molar-refractivity contribution >= 4 is 5.97 Å². The molecule has 1 fully saturated rings. The molecular weight excluding hydrogens is 204 g/mol. The molecule has 0 aromatic carbocycles. The minimum absolute atomic E-state index is 0.411. The minimum Gasteiger partial charge on any atom is -0.480 e. The monoisotopic (exact) mass is 228 g/mol. The molecule has 3 atom stereocenters. The summed E-state index contributed by atoms with van der Waals surface area (Å²) in [6.45, 7) is 6.52. The predicted molar refractivity (Wildman–Crippen MR) is 64.5 cm³/mol. The van der Waals surface area contributed by atoms with Crippen molar-refractivity contribution in [2.24, 2.45) is 5.92 Å². The Kier molecular flexibility index (Phi) is 5.22. The Bertz CT molecular complexity index is 233. The van der Waals surface area contributed by atoms with Crippen LogP contribution in [0.4, 0.5) is 0 Å². The van der Waals surface area contributed by atoms with Crippen molar-refractivity contribution in [3.63, 3.8) is 0 Å². The Balaban J connectivity index is 2.34. The van der Waals surface area contributed by atoms with Gasteiger partial charge in [-0.25, -0.2) is 0 Å². The number of rotatable bonds is 5. The van der Waals surface area contributed by atoms with E-state index in [1.165, 1.54) is 12.8 Å². The Morgan fingerprint density at radius 2 is 2.25 bits per heavy atom. The van der Waals surface area contributed by atoms with Crippen LogP contribution in [0.25, 0.3) is 0 Å². The molecule has 2 N–H and O–H groups in total. The molecule has 1 saturated heterocycles. The number of nitrogens with one attached hydrogen (secondary N) is 1. The summed E-state index contributed by atoms with van der Waals surface area (Å²) in [5.41, 5.74) is 0. The molecule has 0 aromatic heterocycles. The first-order valence-corrected chi connectivity index (χ1v) is 6.18. The number of carbonyl (C=O) groups is 1. The smallest absolute Gasteiger partial charge is 0.320 e. The Labute approximate surface area is 98.0 Å². The Hall–Kier alpha value is -0.610. The van der Waals surface area contributed by atoms with E-state index in [0.29, 0.717) is 12.5 Å². The summed E-state index contributed by atoms with van der Waals surface area (Å²) >= 11 is 0. The highest BCUT2D eigenvalue weighted by Gasteiger charge is 2.24. The fourth-order valence-electron chi connectivity index (χ4n) is 2.47. The molecule has 0 bridgehead atoms. The molecule has 1 heterocycles. The molecule has 3 unspecified atom stereocenters. The summed E-state index contributed by atoms with van der Waals surface area (Å²) in [5.74, 6) is 0.0614. The molecule has 0 spiro atoms. The number of carboxylic acid groups (broad SMARTS) is 1. The number of aliphatic carboxylic acids is 1. The van der Waals surface area contributed by atoms with Gasteiger partial charge in [0.15, 0.2) is 0 Å². The highest BCUT2D eigenvalue weighted by Crippen LogP contribution is 2.22. The summed E-state index contributed by atoms with van der Waals surface area (Å²) in [7, 11) is 1.71. The lowest BCUT2D eigenvalue weighted by Crippen LogP contribution is -2.44. The number of nitrogens with zero attached hydrogens (tertiary/aromatic N) is 1. The fourth-order valence-corrected chi connectivity index (χ4v) is 2.47. The molecule has 0 aromatic rings. The third-order valence-corrected chi connectivity index (χ3v) is 3.63. The van der Waals surface area contributed by atoms with E-state index in [1.807, 2.05) is 0 Å². The number of piperidine rings is 1. The van der Waals surface area contributed by atoms with E-state index in [9.17, 15) is 4.79 Å². The second-order valence-electron chi connectivity index (χ2n) is 4.98. The molecule has 1 aliphatic heterocycles. The predicted octanol–water partition coefficient (Wildman–Crippen LogP) is 1.17. The first-order chi connectivity index (χ1) is 7.54. The zero-order valence-electron chi connectivity index (χ0n) is 10.6. The van der Waals surface area contributed by atoms with Crippen molar-refractivity contribution in [3.05, 3.63) is 0 Å². The van der Waals surface area contributed by atoms with Gasteiger partial charge in [0, 0.05) is 12.6 Å². The molecule has 4 nitrogen and oxygen atoms in total. The van der Waals surface area contributed by atoms with Gasteiger partial charge in [-0.3, -0.25) is 4.79 Å². The molecular formula is C12H24N2O2. The van der Waals surface area contributed by atoms with Crippen molar-refractivity contribution in [3.8, 4) is 0 Å². The summed E-state index contributed by atoms with van der Waals surface area (Å²) < 4.78 is 0. The number of carboxylic acids is 1. The average Bonchev–Trinajstić information content (AvgIpc) is 2.21. The third kappa shape index (κ3) is 3.76.